The number of hydrogen-bond acceptors (Lipinski definition) is 0. The van der Waals surface area contributed by atoms with Crippen LogP contribution in [0.5, 0.6) is 0 Å². The molecular formula is C11H15. The zero-order chi connectivity index (χ0) is 8.53. The molecule has 0 rings (SSSR count). The predicted octanol–water partition coefficient (Wildman–Crippen LogP) is 2.80. The molecule has 0 bridgehead atoms. The lowest BCUT2D eigenvalue weighted by Gasteiger charge is -2.00. The third kappa shape index (κ3) is 5.56. The fourth-order valence-electron chi connectivity index (χ4n) is 0.972. The van der Waals surface area contributed by atoms with Gasteiger partial charge >= 0.3 is 0 Å². The predicted molar refractivity (Wildman–Crippen MR) is 48.2 cm³/mol. The number of terminal acetylenes is 1. The summed E-state index contributed by atoms with van der Waals surface area (Å²) in [5.74, 6) is 4.82. The maximum Gasteiger partial charge on any atom is 0.0819 e. The van der Waals surface area contributed by atoms with Crippen LogP contribution in [-0.2, 0) is 0 Å². The Morgan fingerprint density at radius 1 is 1.36 bits per heavy atom. The summed E-state index contributed by atoms with van der Waals surface area (Å²) in [7, 11) is 0. The topological polar surface area (TPSA) is 0 Å². The van der Waals surface area contributed by atoms with Crippen molar-refractivity contribution in [2.45, 2.75) is 39.0 Å². The molecule has 0 heteroatoms. The molecule has 0 aromatic carbocycles. The fraction of sp³-hybridized carbons (Fsp3) is 0.636. The van der Waals surface area contributed by atoms with Crippen LogP contribution in [0.4, 0.5) is 0 Å². The summed E-state index contributed by atoms with van der Waals surface area (Å²) >= 11 is 0. The molecule has 0 N–H and O–H groups in total. The minimum absolute atomic E-state index is 0.0492. The lowest BCUT2D eigenvalue weighted by molar-refractivity contribution is 0.605. The van der Waals surface area contributed by atoms with Crippen molar-refractivity contribution in [3.8, 4) is 18.3 Å². The van der Waals surface area contributed by atoms with Crippen molar-refractivity contribution in [1.82, 2.24) is 0 Å². The van der Waals surface area contributed by atoms with E-state index in [1.807, 2.05) is 0 Å². The Hall–Kier alpha value is -0.880. The summed E-state index contributed by atoms with van der Waals surface area (Å²) in [4.78, 5) is 0. The Bertz CT molecular complexity index is 140. The Morgan fingerprint density at radius 3 is 2.55 bits per heavy atom. The van der Waals surface area contributed by atoms with Gasteiger partial charge in [-0.3, -0.25) is 0 Å². The maximum atomic E-state index is 6.85. The van der Waals surface area contributed by atoms with Crippen LogP contribution in [0.2, 0.25) is 0 Å². The molecule has 59 valence electrons. The average Bonchev–Trinajstić information content (AvgIpc) is 2.05. The Balaban J connectivity index is 3.25. The first-order valence-corrected chi connectivity index (χ1v) is 4.23. The van der Waals surface area contributed by atoms with Gasteiger partial charge in [-0.1, -0.05) is 44.4 Å². The molecule has 0 saturated carbocycles. The molecule has 11 heavy (non-hydrogen) atoms. The minimum Gasteiger partial charge on any atom is -0.119 e. The summed E-state index contributed by atoms with van der Waals surface area (Å²) in [6.07, 6.45) is 17.8. The van der Waals surface area contributed by atoms with E-state index < -0.39 is 0 Å². The zero-order valence-corrected chi connectivity index (χ0v) is 7.19. The second kappa shape index (κ2) is 7.23. The molecule has 0 aliphatic carbocycles. The molecule has 0 aromatic heterocycles. The van der Waals surface area contributed by atoms with E-state index in [4.69, 9.17) is 12.8 Å². The minimum atomic E-state index is -0.0492. The summed E-state index contributed by atoms with van der Waals surface area (Å²) in [5.41, 5.74) is 0. The van der Waals surface area contributed by atoms with Gasteiger partial charge in [0.05, 0.1) is 5.92 Å². The SMILES string of the molecule is [C]#CC(C#C)CCCCCC. The van der Waals surface area contributed by atoms with Gasteiger partial charge in [-0.2, -0.15) is 0 Å². The van der Waals surface area contributed by atoms with Crippen molar-refractivity contribution in [1.29, 1.82) is 0 Å². The summed E-state index contributed by atoms with van der Waals surface area (Å²) in [6, 6.07) is 0. The molecule has 0 aliphatic rings. The van der Waals surface area contributed by atoms with Gasteiger partial charge in [-0.05, 0) is 12.8 Å². The van der Waals surface area contributed by atoms with Gasteiger partial charge in [0.1, 0.15) is 0 Å². The number of rotatable bonds is 5. The van der Waals surface area contributed by atoms with Gasteiger partial charge in [0.25, 0.3) is 0 Å². The van der Waals surface area contributed by atoms with Crippen LogP contribution in [0.1, 0.15) is 39.0 Å². The quantitative estimate of drug-likeness (QED) is 0.414. The van der Waals surface area contributed by atoms with E-state index in [0.717, 1.165) is 12.8 Å². The van der Waals surface area contributed by atoms with E-state index in [1.54, 1.807) is 0 Å². The molecule has 0 amide bonds. The lowest BCUT2D eigenvalue weighted by atomic mass is 10.0. The van der Waals surface area contributed by atoms with Crippen LogP contribution in [0.25, 0.3) is 0 Å². The van der Waals surface area contributed by atoms with Gasteiger partial charge in [0.2, 0.25) is 0 Å². The average molecular weight is 147 g/mol. The highest BCUT2D eigenvalue weighted by Crippen LogP contribution is 2.08. The summed E-state index contributed by atoms with van der Waals surface area (Å²) in [5, 5.41) is 0. The van der Waals surface area contributed by atoms with Crippen molar-refractivity contribution in [3.63, 3.8) is 0 Å². The Kier molecular flexibility index (Phi) is 6.65. The van der Waals surface area contributed by atoms with E-state index >= 15 is 0 Å². The first-order valence-electron chi connectivity index (χ1n) is 4.23. The Labute approximate surface area is 70.4 Å². The first kappa shape index (κ1) is 10.1. The monoisotopic (exact) mass is 147 g/mol. The molecule has 0 heterocycles. The smallest absolute Gasteiger partial charge is 0.0819 e. The summed E-state index contributed by atoms with van der Waals surface area (Å²) < 4.78 is 0. The standard InChI is InChI=1S/C11H15/c1-4-7-8-9-10-11(5-2)6-3/h2,11H,4,7-10H2,1H3. The Morgan fingerprint density at radius 2 is 2.09 bits per heavy atom. The highest BCUT2D eigenvalue weighted by molar-refractivity contribution is 5.06. The summed E-state index contributed by atoms with van der Waals surface area (Å²) in [6.45, 7) is 2.18. The molecule has 0 saturated heterocycles. The molecule has 1 atom stereocenters. The van der Waals surface area contributed by atoms with E-state index in [-0.39, 0.29) is 5.92 Å². The fourth-order valence-corrected chi connectivity index (χ4v) is 0.972. The third-order valence-electron chi connectivity index (χ3n) is 1.72. The van der Waals surface area contributed by atoms with Crippen molar-refractivity contribution < 1.29 is 0 Å². The van der Waals surface area contributed by atoms with Gasteiger partial charge in [0, 0.05) is 0 Å². The molecule has 1 radical (unpaired) electrons. The van der Waals surface area contributed by atoms with Crippen LogP contribution < -0.4 is 0 Å². The normalized spacial score (nSPS) is 9.09. The van der Waals surface area contributed by atoms with Crippen LogP contribution >= 0.6 is 0 Å². The second-order valence-corrected chi connectivity index (χ2v) is 2.71. The molecule has 0 aliphatic heterocycles. The maximum absolute atomic E-state index is 6.85. The molecular weight excluding hydrogens is 132 g/mol. The van der Waals surface area contributed by atoms with E-state index in [1.165, 1.54) is 19.3 Å². The molecule has 1 unspecified atom stereocenters. The lowest BCUT2D eigenvalue weighted by Crippen LogP contribution is -1.91. The molecule has 0 spiro atoms. The van der Waals surface area contributed by atoms with Crippen LogP contribution in [0.15, 0.2) is 0 Å². The van der Waals surface area contributed by atoms with Crippen LogP contribution in [-0.4, -0.2) is 0 Å². The van der Waals surface area contributed by atoms with Crippen molar-refractivity contribution in [2.75, 3.05) is 0 Å². The van der Waals surface area contributed by atoms with Gasteiger partial charge < -0.3 is 0 Å². The van der Waals surface area contributed by atoms with Crippen molar-refractivity contribution in [2.24, 2.45) is 5.92 Å². The molecule has 0 nitrogen and oxygen atoms in total. The second-order valence-electron chi connectivity index (χ2n) is 2.71. The van der Waals surface area contributed by atoms with Gasteiger partial charge in [0.15, 0.2) is 0 Å². The van der Waals surface area contributed by atoms with Crippen molar-refractivity contribution >= 4 is 0 Å². The number of hydrogen-bond donors (Lipinski definition) is 0. The third-order valence-corrected chi connectivity index (χ3v) is 1.72. The zero-order valence-electron chi connectivity index (χ0n) is 7.19. The van der Waals surface area contributed by atoms with E-state index in [2.05, 4.69) is 18.8 Å². The van der Waals surface area contributed by atoms with Crippen LogP contribution in [0.3, 0.4) is 0 Å². The molecule has 0 fully saturated rings. The van der Waals surface area contributed by atoms with Gasteiger partial charge in [-0.15, -0.1) is 6.42 Å². The van der Waals surface area contributed by atoms with Crippen molar-refractivity contribution in [3.05, 3.63) is 6.42 Å². The van der Waals surface area contributed by atoms with E-state index in [9.17, 15) is 0 Å². The molecule has 0 aromatic rings. The highest BCUT2D eigenvalue weighted by Gasteiger charge is 1.98. The van der Waals surface area contributed by atoms with E-state index in [0.29, 0.717) is 0 Å². The number of unbranched alkanes of at least 4 members (excludes halogenated alkanes) is 3. The van der Waals surface area contributed by atoms with Crippen LogP contribution in [0, 0.1) is 30.6 Å². The highest BCUT2D eigenvalue weighted by atomic mass is 14.0. The largest absolute Gasteiger partial charge is 0.119 e. The van der Waals surface area contributed by atoms with Gasteiger partial charge in [-0.25, -0.2) is 0 Å². The first-order chi connectivity index (χ1) is 5.35.